The molecule has 1 heterocycles. The Labute approximate surface area is 181 Å². The second-order valence-electron chi connectivity index (χ2n) is 6.72. The Morgan fingerprint density at radius 3 is 2.40 bits per heavy atom. The zero-order valence-corrected chi connectivity index (χ0v) is 18.2. The molecule has 0 saturated heterocycles. The van der Waals surface area contributed by atoms with Crippen molar-refractivity contribution in [3.63, 3.8) is 0 Å². The summed E-state index contributed by atoms with van der Waals surface area (Å²) in [5, 5.41) is 3.96. The molecule has 1 N–H and O–H groups in total. The van der Waals surface area contributed by atoms with E-state index in [1.54, 1.807) is 42.5 Å². The number of nitrogens with zero attached hydrogens (tertiary/aromatic N) is 1. The van der Waals surface area contributed by atoms with Crippen molar-refractivity contribution in [3.8, 4) is 0 Å². The molecule has 3 aromatic carbocycles. The van der Waals surface area contributed by atoms with Crippen LogP contribution in [0, 0.1) is 0 Å². The summed E-state index contributed by atoms with van der Waals surface area (Å²) in [6.07, 6.45) is 0. The van der Waals surface area contributed by atoms with Crippen LogP contribution in [0.4, 0.5) is 5.69 Å². The third kappa shape index (κ3) is 3.44. The van der Waals surface area contributed by atoms with Gasteiger partial charge in [0.15, 0.2) is 6.04 Å². The number of anilines is 1. The summed E-state index contributed by atoms with van der Waals surface area (Å²) in [6.45, 7) is -0.458. The number of esters is 1. The molecule has 0 aliphatic carbocycles. The van der Waals surface area contributed by atoms with E-state index in [1.807, 2.05) is 12.1 Å². The summed E-state index contributed by atoms with van der Waals surface area (Å²) >= 11 is 3.32. The average molecular weight is 489 g/mol. The highest BCUT2D eigenvalue weighted by Gasteiger charge is 2.37. The Kier molecular flexibility index (Phi) is 5.25. The molecule has 0 saturated carbocycles. The Morgan fingerprint density at radius 1 is 1.07 bits per heavy atom. The van der Waals surface area contributed by atoms with Crippen LogP contribution in [0.25, 0.3) is 10.8 Å². The van der Waals surface area contributed by atoms with Gasteiger partial charge in [-0.3, -0.25) is 9.10 Å². The van der Waals surface area contributed by atoms with Crippen molar-refractivity contribution in [2.24, 2.45) is 0 Å². The minimum atomic E-state index is -3.88. The predicted molar refractivity (Wildman–Crippen MR) is 116 cm³/mol. The first kappa shape index (κ1) is 20.4. The predicted octanol–water partition coefficient (Wildman–Crippen LogP) is 3.14. The SMILES string of the molecule is COC(=O)C(NC(=O)CN1c2cccc3cccc(c23)S1(=O)=O)c1ccc(Br)cc1. The summed E-state index contributed by atoms with van der Waals surface area (Å²) in [7, 11) is -2.65. The standard InChI is InChI=1S/C21H17BrN2O5S/c1-29-21(26)20(14-8-10-15(22)11-9-14)23-18(25)12-24-16-6-2-4-13-5-3-7-17(19(13)16)30(24,27)28/h2-11,20H,12H2,1H3,(H,23,25). The fraction of sp³-hybridized carbons (Fsp3) is 0.143. The van der Waals surface area contributed by atoms with Gasteiger partial charge in [-0.2, -0.15) is 0 Å². The molecular formula is C21H17BrN2O5S. The van der Waals surface area contributed by atoms with E-state index in [1.165, 1.54) is 13.2 Å². The van der Waals surface area contributed by atoms with Crippen LogP contribution in [0.2, 0.25) is 0 Å². The molecule has 1 aliphatic heterocycles. The van der Waals surface area contributed by atoms with Crippen LogP contribution < -0.4 is 9.62 Å². The average Bonchev–Trinajstić information content (AvgIpc) is 2.95. The van der Waals surface area contributed by atoms with Crippen LogP contribution in [-0.2, 0) is 24.3 Å². The molecule has 1 aliphatic rings. The summed E-state index contributed by atoms with van der Waals surface area (Å²) in [5.41, 5.74) is 0.963. The smallest absolute Gasteiger partial charge is 0.333 e. The molecule has 4 rings (SSSR count). The zero-order chi connectivity index (χ0) is 21.5. The molecule has 0 spiro atoms. The molecule has 0 bridgehead atoms. The minimum absolute atomic E-state index is 0.167. The van der Waals surface area contributed by atoms with Crippen molar-refractivity contribution in [3.05, 3.63) is 70.7 Å². The first-order valence-electron chi connectivity index (χ1n) is 9.00. The zero-order valence-electron chi connectivity index (χ0n) is 15.8. The topological polar surface area (TPSA) is 92.8 Å². The lowest BCUT2D eigenvalue weighted by Gasteiger charge is -2.21. The maximum absolute atomic E-state index is 13.0. The van der Waals surface area contributed by atoms with Gasteiger partial charge in [-0.05, 0) is 35.2 Å². The molecule has 1 atom stereocenters. The van der Waals surface area contributed by atoms with Gasteiger partial charge in [0.05, 0.1) is 17.7 Å². The number of sulfonamides is 1. The quantitative estimate of drug-likeness (QED) is 0.556. The molecular weight excluding hydrogens is 472 g/mol. The molecule has 30 heavy (non-hydrogen) atoms. The van der Waals surface area contributed by atoms with Crippen LogP contribution in [0.3, 0.4) is 0 Å². The number of carbonyl (C=O) groups is 2. The van der Waals surface area contributed by atoms with Crippen LogP contribution >= 0.6 is 15.9 Å². The highest BCUT2D eigenvalue weighted by Crippen LogP contribution is 2.41. The van der Waals surface area contributed by atoms with Crippen molar-refractivity contribution in [2.75, 3.05) is 18.0 Å². The van der Waals surface area contributed by atoms with Crippen LogP contribution in [-0.4, -0.2) is 33.9 Å². The summed E-state index contributed by atoms with van der Waals surface area (Å²) in [5.74, 6) is -1.28. The van der Waals surface area contributed by atoms with Gasteiger partial charge < -0.3 is 10.1 Å². The first-order chi connectivity index (χ1) is 14.3. The monoisotopic (exact) mass is 488 g/mol. The number of ether oxygens (including phenoxy) is 1. The number of hydrogen-bond acceptors (Lipinski definition) is 5. The Bertz CT molecular complexity index is 1250. The van der Waals surface area contributed by atoms with E-state index >= 15 is 0 Å². The molecule has 0 aromatic heterocycles. The fourth-order valence-corrected chi connectivity index (χ4v) is 5.45. The van der Waals surface area contributed by atoms with Gasteiger partial charge in [0, 0.05) is 9.86 Å². The highest BCUT2D eigenvalue weighted by molar-refractivity contribution is 9.10. The van der Waals surface area contributed by atoms with Crippen molar-refractivity contribution in [1.29, 1.82) is 0 Å². The molecule has 9 heteroatoms. The number of halogens is 1. The third-order valence-electron chi connectivity index (χ3n) is 4.91. The lowest BCUT2D eigenvalue weighted by Crippen LogP contribution is -2.42. The van der Waals surface area contributed by atoms with Crippen molar-refractivity contribution in [1.82, 2.24) is 5.32 Å². The maximum Gasteiger partial charge on any atom is 0.333 e. The van der Waals surface area contributed by atoms with Crippen molar-refractivity contribution in [2.45, 2.75) is 10.9 Å². The molecule has 0 radical (unpaired) electrons. The second kappa shape index (κ2) is 7.73. The normalized spacial score (nSPS) is 15.1. The number of hydrogen-bond donors (Lipinski definition) is 1. The van der Waals surface area contributed by atoms with E-state index in [0.717, 1.165) is 14.2 Å². The van der Waals surface area contributed by atoms with E-state index in [4.69, 9.17) is 4.74 Å². The van der Waals surface area contributed by atoms with Gasteiger partial charge in [0.1, 0.15) is 6.54 Å². The number of amides is 1. The number of benzene rings is 3. The van der Waals surface area contributed by atoms with Crippen LogP contribution in [0.15, 0.2) is 70.0 Å². The van der Waals surface area contributed by atoms with Crippen LogP contribution in [0.1, 0.15) is 11.6 Å². The number of rotatable bonds is 5. The number of nitrogens with one attached hydrogen (secondary N) is 1. The second-order valence-corrected chi connectivity index (χ2v) is 9.46. The van der Waals surface area contributed by atoms with Crippen molar-refractivity contribution < 1.29 is 22.7 Å². The highest BCUT2D eigenvalue weighted by atomic mass is 79.9. The Hall–Kier alpha value is -2.91. The Morgan fingerprint density at radius 2 is 1.73 bits per heavy atom. The molecule has 1 amide bonds. The van der Waals surface area contributed by atoms with Gasteiger partial charge in [-0.15, -0.1) is 0 Å². The van der Waals surface area contributed by atoms with Gasteiger partial charge in [-0.25, -0.2) is 13.2 Å². The van der Waals surface area contributed by atoms with Gasteiger partial charge >= 0.3 is 5.97 Å². The maximum atomic E-state index is 13.0. The summed E-state index contributed by atoms with van der Waals surface area (Å²) < 4.78 is 32.8. The molecule has 1 unspecified atom stereocenters. The third-order valence-corrected chi connectivity index (χ3v) is 7.24. The van der Waals surface area contributed by atoms with E-state index < -0.39 is 34.5 Å². The van der Waals surface area contributed by atoms with E-state index in [2.05, 4.69) is 21.2 Å². The number of methoxy groups -OCH3 is 1. The van der Waals surface area contributed by atoms with Gasteiger partial charge in [0.25, 0.3) is 10.0 Å². The summed E-state index contributed by atoms with van der Waals surface area (Å²) in [4.78, 5) is 25.2. The van der Waals surface area contributed by atoms with E-state index in [9.17, 15) is 18.0 Å². The Balaban J connectivity index is 1.63. The number of carbonyl (C=O) groups excluding carboxylic acids is 2. The molecule has 3 aromatic rings. The first-order valence-corrected chi connectivity index (χ1v) is 11.2. The van der Waals surface area contributed by atoms with Gasteiger partial charge in [-0.1, -0.05) is 52.3 Å². The molecule has 0 fully saturated rings. The summed E-state index contributed by atoms with van der Waals surface area (Å²) in [6, 6.07) is 16.0. The van der Waals surface area contributed by atoms with Crippen molar-refractivity contribution >= 4 is 54.3 Å². The van der Waals surface area contributed by atoms with E-state index in [-0.39, 0.29) is 4.90 Å². The fourth-order valence-electron chi connectivity index (χ4n) is 3.52. The lowest BCUT2D eigenvalue weighted by atomic mass is 10.1. The molecule has 154 valence electrons. The lowest BCUT2D eigenvalue weighted by molar-refractivity contribution is -0.145. The van der Waals surface area contributed by atoms with Crippen LogP contribution in [0.5, 0.6) is 0 Å². The van der Waals surface area contributed by atoms with E-state index in [0.29, 0.717) is 16.6 Å². The largest absolute Gasteiger partial charge is 0.467 e. The van der Waals surface area contributed by atoms with Gasteiger partial charge in [0.2, 0.25) is 5.91 Å². The molecule has 7 nitrogen and oxygen atoms in total. The minimum Gasteiger partial charge on any atom is -0.467 e.